The van der Waals surface area contributed by atoms with Crippen molar-refractivity contribution in [2.75, 3.05) is 18.5 Å². The molecule has 2 aromatic rings. The summed E-state index contributed by atoms with van der Waals surface area (Å²) >= 11 is 0.824. The summed E-state index contributed by atoms with van der Waals surface area (Å²) in [5.74, 6) is 0.347. The van der Waals surface area contributed by atoms with E-state index in [1.54, 1.807) is 13.8 Å². The predicted molar refractivity (Wildman–Crippen MR) is 104 cm³/mol. The van der Waals surface area contributed by atoms with Crippen LogP contribution in [0.2, 0.25) is 0 Å². The fourth-order valence-corrected chi connectivity index (χ4v) is 4.19. The first-order chi connectivity index (χ1) is 12.8. The number of hydrogen-bond acceptors (Lipinski definition) is 7. The van der Waals surface area contributed by atoms with Crippen LogP contribution in [0.25, 0.3) is 0 Å². The quantitative estimate of drug-likeness (QED) is 0.458. The number of amides is 1. The lowest BCUT2D eigenvalue weighted by atomic mass is 10.1. The Morgan fingerprint density at radius 1 is 1.26 bits per heavy atom. The summed E-state index contributed by atoms with van der Waals surface area (Å²) in [7, 11) is -3.76. The van der Waals surface area contributed by atoms with Crippen LogP contribution in [0.1, 0.15) is 32.8 Å². The maximum Gasteiger partial charge on any atom is 0.269 e. The molecular formula is C17H24N4O4S2. The Kier molecular flexibility index (Phi) is 7.69. The number of nitrogens with zero attached hydrogens (tertiary/aromatic N) is 2. The molecular weight excluding hydrogens is 388 g/mol. The van der Waals surface area contributed by atoms with Gasteiger partial charge in [0.15, 0.2) is 0 Å². The maximum atomic E-state index is 12.3. The van der Waals surface area contributed by atoms with E-state index in [0.29, 0.717) is 19.4 Å². The monoisotopic (exact) mass is 412 g/mol. The van der Waals surface area contributed by atoms with Gasteiger partial charge in [0.05, 0.1) is 6.61 Å². The Morgan fingerprint density at radius 2 is 2.00 bits per heavy atom. The number of aromatic nitrogens is 2. The van der Waals surface area contributed by atoms with Crippen LogP contribution in [0.15, 0.2) is 28.6 Å². The van der Waals surface area contributed by atoms with E-state index in [1.165, 1.54) is 0 Å². The maximum absolute atomic E-state index is 12.3. The van der Waals surface area contributed by atoms with E-state index in [9.17, 15) is 13.2 Å². The number of benzene rings is 1. The van der Waals surface area contributed by atoms with Crippen molar-refractivity contribution < 1.29 is 17.9 Å². The highest BCUT2D eigenvalue weighted by Gasteiger charge is 2.21. The van der Waals surface area contributed by atoms with Gasteiger partial charge in [0, 0.05) is 12.5 Å². The summed E-state index contributed by atoms with van der Waals surface area (Å²) in [5, 5.41) is 10.1. The van der Waals surface area contributed by atoms with Crippen LogP contribution in [0.4, 0.5) is 5.13 Å². The minimum Gasteiger partial charge on any atom is -0.494 e. The van der Waals surface area contributed by atoms with E-state index >= 15 is 0 Å². The van der Waals surface area contributed by atoms with Crippen molar-refractivity contribution in [1.82, 2.24) is 14.9 Å². The largest absolute Gasteiger partial charge is 0.494 e. The standard InChI is InChI=1S/C17H24N4O4S2/c1-4-25-14-10-6-5-8-13(14)9-7-11-18-27(23,24)17-21-20-16(26-17)19-15(22)12(2)3/h5-6,8,10,12,18H,4,7,9,11H2,1-3H3,(H,19,20,22). The highest BCUT2D eigenvalue weighted by Crippen LogP contribution is 2.21. The summed E-state index contributed by atoms with van der Waals surface area (Å²) in [4.78, 5) is 11.6. The van der Waals surface area contributed by atoms with Gasteiger partial charge in [0.25, 0.3) is 10.0 Å². The molecule has 8 nitrogen and oxygen atoms in total. The van der Waals surface area contributed by atoms with E-state index < -0.39 is 10.0 Å². The first kappa shape index (κ1) is 21.3. The van der Waals surface area contributed by atoms with Crippen LogP contribution in [-0.4, -0.2) is 37.7 Å². The molecule has 148 valence electrons. The van der Waals surface area contributed by atoms with Crippen molar-refractivity contribution in [2.24, 2.45) is 5.92 Å². The van der Waals surface area contributed by atoms with Crippen molar-refractivity contribution in [1.29, 1.82) is 0 Å². The topological polar surface area (TPSA) is 110 Å². The molecule has 1 aromatic heterocycles. The lowest BCUT2D eigenvalue weighted by molar-refractivity contribution is -0.118. The summed E-state index contributed by atoms with van der Waals surface area (Å²) in [6, 6.07) is 7.70. The average molecular weight is 413 g/mol. The van der Waals surface area contributed by atoms with Gasteiger partial charge < -0.3 is 10.1 Å². The molecule has 2 rings (SSSR count). The van der Waals surface area contributed by atoms with Gasteiger partial charge in [-0.1, -0.05) is 43.4 Å². The number of ether oxygens (including phenoxy) is 1. The molecule has 0 saturated heterocycles. The third-order valence-electron chi connectivity index (χ3n) is 3.58. The van der Waals surface area contributed by atoms with Gasteiger partial charge in [0.2, 0.25) is 15.4 Å². The average Bonchev–Trinajstić information content (AvgIpc) is 3.09. The van der Waals surface area contributed by atoms with Gasteiger partial charge in [-0.05, 0) is 31.4 Å². The minimum absolute atomic E-state index is 0.166. The van der Waals surface area contributed by atoms with E-state index in [-0.39, 0.29) is 27.8 Å². The zero-order valence-electron chi connectivity index (χ0n) is 15.6. The fourth-order valence-electron chi connectivity index (χ4n) is 2.17. The molecule has 0 fully saturated rings. The van der Waals surface area contributed by atoms with E-state index in [4.69, 9.17) is 4.74 Å². The molecule has 1 heterocycles. The van der Waals surface area contributed by atoms with E-state index in [1.807, 2.05) is 31.2 Å². The number of para-hydroxylation sites is 1. The van der Waals surface area contributed by atoms with Crippen LogP contribution in [0, 0.1) is 5.92 Å². The number of hydrogen-bond donors (Lipinski definition) is 2. The fraction of sp³-hybridized carbons (Fsp3) is 0.471. The third-order valence-corrected chi connectivity index (χ3v) is 6.25. The van der Waals surface area contributed by atoms with E-state index in [2.05, 4.69) is 20.2 Å². The number of rotatable bonds is 10. The number of carbonyl (C=O) groups is 1. The molecule has 0 aliphatic heterocycles. The highest BCUT2D eigenvalue weighted by atomic mass is 32.2. The van der Waals surface area contributed by atoms with Gasteiger partial charge in [-0.3, -0.25) is 4.79 Å². The Balaban J connectivity index is 1.88. The Labute approximate surface area is 163 Å². The second-order valence-corrected chi connectivity index (χ2v) is 8.98. The number of aryl methyl sites for hydroxylation is 1. The first-order valence-electron chi connectivity index (χ1n) is 8.68. The SMILES string of the molecule is CCOc1ccccc1CCCNS(=O)(=O)c1nnc(NC(=O)C(C)C)s1. The molecule has 0 atom stereocenters. The molecule has 0 spiro atoms. The Hall–Kier alpha value is -2.04. The molecule has 1 aromatic carbocycles. The lowest BCUT2D eigenvalue weighted by Crippen LogP contribution is -2.25. The molecule has 1 amide bonds. The smallest absolute Gasteiger partial charge is 0.269 e. The molecule has 0 unspecified atom stereocenters. The molecule has 0 aliphatic rings. The molecule has 0 bridgehead atoms. The minimum atomic E-state index is -3.76. The lowest BCUT2D eigenvalue weighted by Gasteiger charge is -2.10. The van der Waals surface area contributed by atoms with Crippen LogP contribution in [-0.2, 0) is 21.2 Å². The van der Waals surface area contributed by atoms with Gasteiger partial charge in [-0.25, -0.2) is 13.1 Å². The second-order valence-electron chi connectivity index (χ2n) is 6.06. The van der Waals surface area contributed by atoms with Gasteiger partial charge in [0.1, 0.15) is 5.75 Å². The molecule has 0 radical (unpaired) electrons. The summed E-state index contributed by atoms with van der Waals surface area (Å²) in [6.45, 7) is 6.23. The molecule has 27 heavy (non-hydrogen) atoms. The zero-order valence-corrected chi connectivity index (χ0v) is 17.2. The third kappa shape index (κ3) is 6.26. The Bertz CT molecular complexity index is 865. The van der Waals surface area contributed by atoms with Crippen molar-refractivity contribution >= 4 is 32.4 Å². The first-order valence-corrected chi connectivity index (χ1v) is 11.0. The number of sulfonamides is 1. The van der Waals surface area contributed by atoms with Crippen molar-refractivity contribution in [3.8, 4) is 5.75 Å². The van der Waals surface area contributed by atoms with Gasteiger partial charge >= 0.3 is 0 Å². The summed E-state index contributed by atoms with van der Waals surface area (Å²) in [6.07, 6.45) is 1.30. The van der Waals surface area contributed by atoms with Crippen LogP contribution >= 0.6 is 11.3 Å². The highest BCUT2D eigenvalue weighted by molar-refractivity contribution is 7.91. The van der Waals surface area contributed by atoms with Gasteiger partial charge in [-0.15, -0.1) is 10.2 Å². The predicted octanol–water partition coefficient (Wildman–Crippen LogP) is 2.44. The molecule has 0 aliphatic carbocycles. The zero-order chi connectivity index (χ0) is 19.9. The summed E-state index contributed by atoms with van der Waals surface area (Å²) in [5.41, 5.74) is 1.04. The Morgan fingerprint density at radius 3 is 2.70 bits per heavy atom. The number of carbonyl (C=O) groups excluding carboxylic acids is 1. The number of anilines is 1. The van der Waals surface area contributed by atoms with Crippen LogP contribution in [0.3, 0.4) is 0 Å². The van der Waals surface area contributed by atoms with Crippen molar-refractivity contribution in [2.45, 2.75) is 38.0 Å². The van der Waals surface area contributed by atoms with Gasteiger partial charge in [-0.2, -0.15) is 0 Å². The summed E-state index contributed by atoms with van der Waals surface area (Å²) < 4.78 is 32.5. The molecule has 0 saturated carbocycles. The van der Waals surface area contributed by atoms with Crippen molar-refractivity contribution in [3.05, 3.63) is 29.8 Å². The molecule has 10 heteroatoms. The second kappa shape index (κ2) is 9.77. The van der Waals surface area contributed by atoms with Crippen molar-refractivity contribution in [3.63, 3.8) is 0 Å². The number of nitrogens with one attached hydrogen (secondary N) is 2. The normalized spacial score (nSPS) is 11.6. The van der Waals surface area contributed by atoms with E-state index in [0.717, 1.165) is 22.6 Å². The van der Waals surface area contributed by atoms with Crippen LogP contribution < -0.4 is 14.8 Å². The van der Waals surface area contributed by atoms with Crippen LogP contribution in [0.5, 0.6) is 5.75 Å². The molecule has 2 N–H and O–H groups in total.